The molecule has 0 aromatic heterocycles. The summed E-state index contributed by atoms with van der Waals surface area (Å²) in [4.78, 5) is 24.2. The van der Waals surface area contributed by atoms with Crippen molar-refractivity contribution >= 4 is 12.0 Å². The van der Waals surface area contributed by atoms with Gasteiger partial charge in [0.25, 0.3) is 0 Å². The van der Waals surface area contributed by atoms with Crippen molar-refractivity contribution in [1.82, 2.24) is 10.2 Å². The van der Waals surface area contributed by atoms with E-state index in [4.69, 9.17) is 4.74 Å². The van der Waals surface area contributed by atoms with E-state index < -0.39 is 0 Å². The Bertz CT molecular complexity index is 274. The molecule has 0 spiro atoms. The zero-order valence-electron chi connectivity index (χ0n) is 9.41. The number of carbonyl (C=O) groups is 2. The molecule has 5 heteroatoms. The maximum atomic E-state index is 11.7. The molecule has 1 heterocycles. The van der Waals surface area contributed by atoms with Gasteiger partial charge in [-0.2, -0.15) is 0 Å². The van der Waals surface area contributed by atoms with Gasteiger partial charge in [-0.3, -0.25) is 9.69 Å². The van der Waals surface area contributed by atoms with Crippen LogP contribution in [-0.2, 0) is 9.53 Å². The molecular formula is C11H18N2O3. The van der Waals surface area contributed by atoms with Gasteiger partial charge in [0.1, 0.15) is 13.2 Å². The molecule has 1 N–H and O–H groups in total. The summed E-state index contributed by atoms with van der Waals surface area (Å²) < 4.78 is 4.76. The highest BCUT2D eigenvalue weighted by atomic mass is 16.6. The van der Waals surface area contributed by atoms with Gasteiger partial charge in [-0.15, -0.1) is 0 Å². The monoisotopic (exact) mass is 226 g/mol. The molecule has 2 amide bonds. The Labute approximate surface area is 95.1 Å². The SMILES string of the molecule is O=C(CN1CCOC1=O)NC1CCCCC1. The standard InChI is InChI=1S/C11H18N2O3/c14-10(8-13-6-7-16-11(13)15)12-9-4-2-1-3-5-9/h9H,1-8H2,(H,12,14). The van der Waals surface area contributed by atoms with Crippen LogP contribution < -0.4 is 5.32 Å². The van der Waals surface area contributed by atoms with Crippen molar-refractivity contribution in [2.24, 2.45) is 0 Å². The van der Waals surface area contributed by atoms with E-state index in [-0.39, 0.29) is 18.5 Å². The minimum Gasteiger partial charge on any atom is -0.448 e. The van der Waals surface area contributed by atoms with Crippen LogP contribution in [0.2, 0.25) is 0 Å². The van der Waals surface area contributed by atoms with Crippen LogP contribution in [0.25, 0.3) is 0 Å². The average Bonchev–Trinajstić information content (AvgIpc) is 2.66. The number of carbonyl (C=O) groups excluding carboxylic acids is 2. The molecule has 2 fully saturated rings. The largest absolute Gasteiger partial charge is 0.448 e. The van der Waals surface area contributed by atoms with Gasteiger partial charge in [-0.25, -0.2) is 4.79 Å². The lowest BCUT2D eigenvalue weighted by molar-refractivity contribution is -0.122. The molecule has 1 aliphatic heterocycles. The number of rotatable bonds is 3. The third-order valence-corrected chi connectivity index (χ3v) is 3.15. The summed E-state index contributed by atoms with van der Waals surface area (Å²) in [6.45, 7) is 1.06. The number of nitrogens with zero attached hydrogens (tertiary/aromatic N) is 1. The zero-order valence-corrected chi connectivity index (χ0v) is 9.41. The number of hydrogen-bond acceptors (Lipinski definition) is 3. The third kappa shape index (κ3) is 2.87. The molecule has 5 nitrogen and oxygen atoms in total. The van der Waals surface area contributed by atoms with Crippen LogP contribution in [0.15, 0.2) is 0 Å². The van der Waals surface area contributed by atoms with E-state index in [1.807, 2.05) is 0 Å². The first-order valence-corrected chi connectivity index (χ1v) is 5.97. The minimum absolute atomic E-state index is 0.0641. The third-order valence-electron chi connectivity index (χ3n) is 3.15. The van der Waals surface area contributed by atoms with Crippen molar-refractivity contribution in [1.29, 1.82) is 0 Å². The quantitative estimate of drug-likeness (QED) is 0.777. The van der Waals surface area contributed by atoms with Gasteiger partial charge in [0.15, 0.2) is 0 Å². The fraction of sp³-hybridized carbons (Fsp3) is 0.818. The molecule has 1 saturated heterocycles. The van der Waals surface area contributed by atoms with Crippen molar-refractivity contribution in [3.8, 4) is 0 Å². The molecule has 2 rings (SSSR count). The molecule has 2 aliphatic rings. The Hall–Kier alpha value is -1.26. The second-order valence-electron chi connectivity index (χ2n) is 4.44. The van der Waals surface area contributed by atoms with E-state index in [0.717, 1.165) is 12.8 Å². The van der Waals surface area contributed by atoms with Gasteiger partial charge < -0.3 is 10.1 Å². The maximum absolute atomic E-state index is 11.7. The van der Waals surface area contributed by atoms with Gasteiger partial charge in [0.05, 0.1) is 6.54 Å². The van der Waals surface area contributed by atoms with Crippen LogP contribution in [0, 0.1) is 0 Å². The lowest BCUT2D eigenvalue weighted by atomic mass is 9.95. The molecule has 0 aromatic rings. The molecule has 1 aliphatic carbocycles. The van der Waals surface area contributed by atoms with Gasteiger partial charge >= 0.3 is 6.09 Å². The molecule has 0 atom stereocenters. The summed E-state index contributed by atoms with van der Waals surface area (Å²) in [5.41, 5.74) is 0. The predicted octanol–water partition coefficient (Wildman–Crippen LogP) is 0.887. The second kappa shape index (κ2) is 5.18. The van der Waals surface area contributed by atoms with Crippen LogP contribution in [0.3, 0.4) is 0 Å². The Kier molecular flexibility index (Phi) is 3.64. The van der Waals surface area contributed by atoms with Crippen molar-refractivity contribution in [3.63, 3.8) is 0 Å². The predicted molar refractivity (Wildman–Crippen MR) is 57.9 cm³/mol. The van der Waals surface area contributed by atoms with Crippen LogP contribution >= 0.6 is 0 Å². The van der Waals surface area contributed by atoms with E-state index >= 15 is 0 Å². The first-order valence-electron chi connectivity index (χ1n) is 5.97. The first-order chi connectivity index (χ1) is 7.75. The summed E-state index contributed by atoms with van der Waals surface area (Å²) in [5.74, 6) is -0.0641. The molecule has 0 aromatic carbocycles. The average molecular weight is 226 g/mol. The second-order valence-corrected chi connectivity index (χ2v) is 4.44. The van der Waals surface area contributed by atoms with Crippen molar-refractivity contribution in [2.45, 2.75) is 38.1 Å². The van der Waals surface area contributed by atoms with Gasteiger partial charge in [0.2, 0.25) is 5.91 Å². The van der Waals surface area contributed by atoms with Crippen molar-refractivity contribution in [2.75, 3.05) is 19.7 Å². The lowest BCUT2D eigenvalue weighted by Gasteiger charge is -2.23. The van der Waals surface area contributed by atoms with Crippen molar-refractivity contribution in [3.05, 3.63) is 0 Å². The Balaban J connectivity index is 1.72. The lowest BCUT2D eigenvalue weighted by Crippen LogP contribution is -2.43. The maximum Gasteiger partial charge on any atom is 0.410 e. The summed E-state index contributed by atoms with van der Waals surface area (Å²) in [6, 6.07) is 0.305. The minimum atomic E-state index is -0.376. The topological polar surface area (TPSA) is 58.6 Å². The van der Waals surface area contributed by atoms with E-state index in [1.165, 1.54) is 24.2 Å². The molecular weight excluding hydrogens is 208 g/mol. The number of ether oxygens (including phenoxy) is 1. The van der Waals surface area contributed by atoms with E-state index in [0.29, 0.717) is 19.2 Å². The van der Waals surface area contributed by atoms with E-state index in [9.17, 15) is 9.59 Å². The fourth-order valence-electron chi connectivity index (χ4n) is 2.26. The molecule has 0 radical (unpaired) electrons. The van der Waals surface area contributed by atoms with Crippen LogP contribution in [0.1, 0.15) is 32.1 Å². The molecule has 0 bridgehead atoms. The summed E-state index contributed by atoms with van der Waals surface area (Å²) >= 11 is 0. The Morgan fingerprint density at radius 2 is 2.12 bits per heavy atom. The number of hydrogen-bond donors (Lipinski definition) is 1. The van der Waals surface area contributed by atoms with E-state index in [1.54, 1.807) is 0 Å². The van der Waals surface area contributed by atoms with Gasteiger partial charge in [-0.1, -0.05) is 19.3 Å². The normalized spacial score (nSPS) is 22.0. The number of nitrogens with one attached hydrogen (secondary N) is 1. The van der Waals surface area contributed by atoms with Crippen LogP contribution in [-0.4, -0.2) is 42.6 Å². The van der Waals surface area contributed by atoms with E-state index in [2.05, 4.69) is 5.32 Å². The van der Waals surface area contributed by atoms with Gasteiger partial charge in [-0.05, 0) is 12.8 Å². The zero-order chi connectivity index (χ0) is 11.4. The fourth-order valence-corrected chi connectivity index (χ4v) is 2.26. The van der Waals surface area contributed by atoms with Crippen LogP contribution in [0.5, 0.6) is 0 Å². The Morgan fingerprint density at radius 1 is 1.38 bits per heavy atom. The highest BCUT2D eigenvalue weighted by molar-refractivity contribution is 5.82. The molecule has 0 unspecified atom stereocenters. The smallest absolute Gasteiger partial charge is 0.410 e. The summed E-state index contributed by atoms with van der Waals surface area (Å²) in [6.07, 6.45) is 5.41. The first kappa shape index (κ1) is 11.2. The van der Waals surface area contributed by atoms with Gasteiger partial charge in [0, 0.05) is 6.04 Å². The molecule has 1 saturated carbocycles. The number of cyclic esters (lactones) is 1. The Morgan fingerprint density at radius 3 is 2.75 bits per heavy atom. The highest BCUT2D eigenvalue weighted by Crippen LogP contribution is 2.17. The number of amides is 2. The molecule has 90 valence electrons. The molecule has 16 heavy (non-hydrogen) atoms. The van der Waals surface area contributed by atoms with Crippen molar-refractivity contribution < 1.29 is 14.3 Å². The summed E-state index contributed by atoms with van der Waals surface area (Å²) in [7, 11) is 0. The summed E-state index contributed by atoms with van der Waals surface area (Å²) in [5, 5.41) is 2.98. The highest BCUT2D eigenvalue weighted by Gasteiger charge is 2.25. The van der Waals surface area contributed by atoms with Crippen LogP contribution in [0.4, 0.5) is 4.79 Å².